The summed E-state index contributed by atoms with van der Waals surface area (Å²) in [6, 6.07) is 108. The molecule has 0 spiro atoms. The monoisotopic (exact) mass is 1690 g/mol. The van der Waals surface area contributed by atoms with E-state index in [9.17, 15) is 0 Å². The molecule has 16 nitrogen and oxygen atoms in total. The Kier molecular flexibility index (Phi) is 14.3. The highest BCUT2D eigenvalue weighted by atomic mass is 15.2. The molecule has 17 heterocycles. The highest BCUT2D eigenvalue weighted by molar-refractivity contribution is 6.12. The van der Waals surface area contributed by atoms with Crippen molar-refractivity contribution in [3.05, 3.63) is 436 Å². The SMILES string of the molecule is C1=C2Cc3c1cccc3-c1ccc3c(n1)-c1nc(ccc1C1N=C(c4cc(C5=NC6c7ccc8nc7-c7nc(ccc7C6C5)-c5cccc6cc([nH]c56)C(c5ccccc5)C5C=c6cccc-8c6=N5)cc(C5=NC6c7ccc8nc7-c7nc(ccc7C6N5)-c5cccc6cc([nH]c56)C(c5ccccc5)=C5C=c6cccc-8c6=N5)c4)NC31)-c1cccc3c1=NC(C=3)C2c1ccccc1. The van der Waals surface area contributed by atoms with Crippen LogP contribution in [-0.2, 0) is 6.42 Å². The number of pyridine rings is 6. The molecule has 10 unspecified atom stereocenters. The van der Waals surface area contributed by atoms with Crippen molar-refractivity contribution in [1.29, 1.82) is 0 Å². The number of para-hydroxylation sites is 5. The zero-order valence-corrected chi connectivity index (χ0v) is 70.7. The second-order valence-corrected chi connectivity index (χ2v) is 37.2. The first-order valence-corrected chi connectivity index (χ1v) is 45.8. The Hall–Kier alpha value is -16.7. The third-order valence-corrected chi connectivity index (χ3v) is 30.1. The predicted molar refractivity (Wildman–Crippen MR) is 517 cm³/mol. The summed E-state index contributed by atoms with van der Waals surface area (Å²) in [5.41, 5.74) is 39.4. The van der Waals surface area contributed by atoms with E-state index in [1.165, 1.54) is 27.8 Å². The van der Waals surface area contributed by atoms with Crippen LogP contribution in [0.15, 0.2) is 345 Å². The average molecular weight is 1690 g/mol. The lowest BCUT2D eigenvalue weighted by molar-refractivity contribution is 0.561. The summed E-state index contributed by atoms with van der Waals surface area (Å²) in [5.74, 6) is 1.35. The van der Waals surface area contributed by atoms with E-state index in [2.05, 4.69) is 348 Å². The van der Waals surface area contributed by atoms with Crippen molar-refractivity contribution in [3.8, 4) is 102 Å². The maximum Gasteiger partial charge on any atom is 0.129 e. The van der Waals surface area contributed by atoms with Gasteiger partial charge < -0.3 is 20.6 Å². The van der Waals surface area contributed by atoms with E-state index in [-0.39, 0.29) is 54.0 Å². The second kappa shape index (κ2) is 26.5. The number of aliphatic imine (C=N–C) groups is 3. The van der Waals surface area contributed by atoms with Crippen molar-refractivity contribution in [3.63, 3.8) is 0 Å². The number of nitrogens with one attached hydrogen (secondary N) is 4. The van der Waals surface area contributed by atoms with Crippen molar-refractivity contribution in [2.45, 2.75) is 72.9 Å². The van der Waals surface area contributed by atoms with Crippen LogP contribution in [0.4, 0.5) is 0 Å². The van der Waals surface area contributed by atoms with Crippen molar-refractivity contribution >= 4 is 69.1 Å². The zero-order valence-electron chi connectivity index (χ0n) is 70.7. The fourth-order valence-electron chi connectivity index (χ4n) is 24.2. The number of rotatable bonds is 6. The minimum atomic E-state index is -0.399. The number of hydrogen-bond donors (Lipinski definition) is 4. The second-order valence-electron chi connectivity index (χ2n) is 37.2. The Balaban J connectivity index is 0.580. The first-order chi connectivity index (χ1) is 65.3. The Morgan fingerprint density at radius 2 is 0.780 bits per heavy atom. The molecule has 24 bridgehead atoms. The molecule has 31 rings (SSSR count). The molecule has 0 amide bonds. The van der Waals surface area contributed by atoms with E-state index in [4.69, 9.17) is 59.9 Å². The largest absolute Gasteiger partial charge is 0.360 e. The van der Waals surface area contributed by atoms with Crippen molar-refractivity contribution in [2.24, 2.45) is 30.0 Å². The Morgan fingerprint density at radius 1 is 0.318 bits per heavy atom. The zero-order chi connectivity index (χ0) is 85.6. The molecular formula is C116H72N16. The van der Waals surface area contributed by atoms with Gasteiger partial charge in [-0.05, 0) is 147 Å². The van der Waals surface area contributed by atoms with Gasteiger partial charge in [0.05, 0.1) is 137 Å². The fraction of sp³-hybridized carbons (Fsp3) is 0.103. The maximum atomic E-state index is 6.05. The maximum absolute atomic E-state index is 6.05. The van der Waals surface area contributed by atoms with E-state index in [1.807, 2.05) is 0 Å². The third-order valence-electron chi connectivity index (χ3n) is 30.1. The van der Waals surface area contributed by atoms with E-state index in [1.54, 1.807) is 0 Å². The number of benzene rings is 10. The van der Waals surface area contributed by atoms with E-state index >= 15 is 0 Å². The van der Waals surface area contributed by atoms with Crippen LogP contribution in [0.2, 0.25) is 0 Å². The van der Waals surface area contributed by atoms with Gasteiger partial charge in [-0.2, -0.15) is 0 Å². The van der Waals surface area contributed by atoms with Gasteiger partial charge >= 0.3 is 0 Å². The van der Waals surface area contributed by atoms with Crippen LogP contribution in [0.25, 0.3) is 153 Å². The van der Waals surface area contributed by atoms with Gasteiger partial charge in [-0.3, -0.25) is 25.0 Å². The van der Waals surface area contributed by atoms with Crippen LogP contribution in [0.3, 0.4) is 0 Å². The van der Waals surface area contributed by atoms with Crippen LogP contribution >= 0.6 is 0 Å². The number of hydrogen-bond acceptors (Lipinski definition) is 14. The minimum absolute atomic E-state index is 0.0265. The smallest absolute Gasteiger partial charge is 0.129 e. The van der Waals surface area contributed by atoms with Crippen LogP contribution in [0, 0.1) is 0 Å². The minimum Gasteiger partial charge on any atom is -0.360 e. The summed E-state index contributed by atoms with van der Waals surface area (Å²) in [5, 5.41) is 16.5. The average Bonchev–Trinajstić information content (AvgIpc) is 1.49. The molecule has 0 saturated heterocycles. The molecule has 4 N–H and O–H groups in total. The summed E-state index contributed by atoms with van der Waals surface area (Å²) in [4.78, 5) is 77.7. The molecule has 0 saturated carbocycles. The third kappa shape index (κ3) is 10.2. The van der Waals surface area contributed by atoms with E-state index < -0.39 is 6.04 Å². The first-order valence-electron chi connectivity index (χ1n) is 45.8. The van der Waals surface area contributed by atoms with Crippen LogP contribution in [-0.4, -0.2) is 69.3 Å². The van der Waals surface area contributed by atoms with Crippen molar-refractivity contribution in [2.75, 3.05) is 0 Å². The topological polar surface area (TPSA) is 207 Å². The lowest BCUT2D eigenvalue weighted by Crippen LogP contribution is -2.30. The van der Waals surface area contributed by atoms with Crippen LogP contribution in [0.5, 0.6) is 0 Å². The van der Waals surface area contributed by atoms with Gasteiger partial charge in [-0.25, -0.2) is 34.9 Å². The highest BCUT2D eigenvalue weighted by Gasteiger charge is 2.47. The van der Waals surface area contributed by atoms with Gasteiger partial charge in [0.15, 0.2) is 0 Å². The Morgan fingerprint density at radius 3 is 1.39 bits per heavy atom. The van der Waals surface area contributed by atoms with Crippen molar-refractivity contribution in [1.82, 2.24) is 50.5 Å². The number of amidine groups is 2. The molecule has 132 heavy (non-hydrogen) atoms. The Labute approximate surface area is 754 Å². The summed E-state index contributed by atoms with van der Waals surface area (Å²) in [6.45, 7) is 0. The molecule has 616 valence electrons. The summed E-state index contributed by atoms with van der Waals surface area (Å²) >= 11 is 0. The summed E-state index contributed by atoms with van der Waals surface area (Å²) in [7, 11) is 0. The van der Waals surface area contributed by atoms with Crippen LogP contribution < -0.4 is 42.4 Å². The molecule has 13 aliphatic rings. The van der Waals surface area contributed by atoms with Crippen LogP contribution in [0.1, 0.15) is 144 Å². The van der Waals surface area contributed by atoms with Gasteiger partial charge in [-0.15, -0.1) is 0 Å². The standard InChI is InChI=1S/C116H72N16/c1-4-16-57(17-5-1)96-67-46-60-22-10-28-70(82(60)50-67)84-41-36-78-107(117-84)108-79(37-43-87(120-108)73-30-11-23-61-51-91(96)124-99(61)73)112-111(78)129-115(130-112)68-47-66(90-56-83-71-34-40-85-72-29-12-24-62-52-92(125-100(62)72)97(58-18-6-2-7-19-58)93-53-63-25-13-31-74(101(63)126-93)86-42-35-77(104(83)123-90)106(119-86)105(71)118-85)48-69(49-68)116-131-113-80-38-44-88-75-32-14-26-64-54-94(127-102(64)75)98(59-20-8-3-9-21-59)95-55-65-27-15-33-76(103(65)128-95)89-45-39-81(114(113)132-116)110(122-89)109(80)121-88/h1-49,51-55,83,91,93,96-97,104,111-114,125,127H,50,56H2,(H,129,130)(H,131,132). The molecule has 0 fully saturated rings. The molecule has 0 radical (unpaired) electrons. The van der Waals surface area contributed by atoms with Gasteiger partial charge in [0, 0.05) is 123 Å². The Bertz CT molecular complexity index is 9000. The number of aromatic nitrogens is 8. The predicted octanol–water partition coefficient (Wildman–Crippen LogP) is 19.0. The molecule has 8 aromatic heterocycles. The quantitative estimate of drug-likeness (QED) is 0.126. The summed E-state index contributed by atoms with van der Waals surface area (Å²) in [6.07, 6.45) is 10.8. The molecule has 10 atom stereocenters. The van der Waals surface area contributed by atoms with Gasteiger partial charge in [0.25, 0.3) is 0 Å². The molecule has 10 aromatic carbocycles. The number of fused-ring (bicyclic) bond motifs is 27. The van der Waals surface area contributed by atoms with E-state index in [0.29, 0.717) is 6.42 Å². The summed E-state index contributed by atoms with van der Waals surface area (Å²) < 4.78 is 0. The van der Waals surface area contributed by atoms with Gasteiger partial charge in [0.1, 0.15) is 23.8 Å². The number of aromatic amines is 2. The number of allylic oxidation sites excluding steroid dienone is 1. The number of nitrogens with zero attached hydrogens (tertiary/aromatic N) is 12. The fourth-order valence-corrected chi connectivity index (χ4v) is 24.2. The first kappa shape index (κ1) is 71.3. The van der Waals surface area contributed by atoms with Gasteiger partial charge in [0.2, 0.25) is 0 Å². The molecule has 16 heteroatoms. The van der Waals surface area contributed by atoms with E-state index in [0.717, 1.165) is 257 Å². The van der Waals surface area contributed by atoms with Gasteiger partial charge in [-0.1, -0.05) is 248 Å². The number of H-pyrrole nitrogens is 2. The normalized spacial score (nSPS) is 21.2. The molecule has 4 aliphatic carbocycles. The lowest BCUT2D eigenvalue weighted by Gasteiger charge is -2.29. The molecule has 9 aliphatic heterocycles. The van der Waals surface area contributed by atoms with Crippen molar-refractivity contribution < 1.29 is 0 Å². The molecule has 18 aromatic rings. The highest BCUT2D eigenvalue weighted by Crippen LogP contribution is 2.56. The lowest BCUT2D eigenvalue weighted by atomic mass is 9.78. The molecular weight excluding hydrogens is 1620 g/mol.